The quantitative estimate of drug-likeness (QED) is 0.787. The number of halogens is 4. The first kappa shape index (κ1) is 11.5. The molecule has 1 nitrogen and oxygen atoms in total. The smallest absolute Gasteiger partial charge is 0.126 e. The summed E-state index contributed by atoms with van der Waals surface area (Å²) in [5.74, 6) is -0.490. The van der Waals surface area contributed by atoms with E-state index in [0.29, 0.717) is 18.7 Å². The van der Waals surface area contributed by atoms with Crippen LogP contribution in [0.2, 0.25) is 10.0 Å². The molecule has 0 heterocycles. The average molecular weight is 240 g/mol. The van der Waals surface area contributed by atoms with Crippen molar-refractivity contribution in [2.75, 3.05) is 18.5 Å². The molecular formula is C9H9Cl2F2N. The van der Waals surface area contributed by atoms with Crippen molar-refractivity contribution in [2.45, 2.75) is 6.42 Å². The molecule has 0 saturated heterocycles. The van der Waals surface area contributed by atoms with Crippen molar-refractivity contribution < 1.29 is 8.78 Å². The molecule has 0 saturated carbocycles. The van der Waals surface area contributed by atoms with Crippen LogP contribution in [0.4, 0.5) is 14.5 Å². The molecule has 0 fully saturated rings. The molecule has 14 heavy (non-hydrogen) atoms. The van der Waals surface area contributed by atoms with Gasteiger partial charge in [-0.3, -0.25) is 4.39 Å². The van der Waals surface area contributed by atoms with Crippen LogP contribution in [0.15, 0.2) is 12.1 Å². The Morgan fingerprint density at radius 3 is 2.29 bits per heavy atom. The Morgan fingerprint density at radius 2 is 1.79 bits per heavy atom. The Hall–Kier alpha value is -0.540. The SMILES string of the molecule is FCCCNc1c(Cl)cc(F)cc1Cl. The Balaban J connectivity index is 2.75. The summed E-state index contributed by atoms with van der Waals surface area (Å²) in [7, 11) is 0. The number of anilines is 1. The van der Waals surface area contributed by atoms with E-state index in [2.05, 4.69) is 5.32 Å². The van der Waals surface area contributed by atoms with Gasteiger partial charge in [0.2, 0.25) is 0 Å². The topological polar surface area (TPSA) is 12.0 Å². The number of hydrogen-bond acceptors (Lipinski definition) is 1. The van der Waals surface area contributed by atoms with Crippen LogP contribution in [0, 0.1) is 5.82 Å². The maximum absolute atomic E-state index is 12.7. The molecule has 1 aromatic carbocycles. The molecule has 1 N–H and O–H groups in total. The van der Waals surface area contributed by atoms with Crippen molar-refractivity contribution in [3.05, 3.63) is 28.0 Å². The van der Waals surface area contributed by atoms with E-state index in [1.54, 1.807) is 0 Å². The normalized spacial score (nSPS) is 10.3. The minimum Gasteiger partial charge on any atom is -0.383 e. The Labute approximate surface area is 91.0 Å². The second-order valence-electron chi connectivity index (χ2n) is 2.71. The summed E-state index contributed by atoms with van der Waals surface area (Å²) >= 11 is 11.5. The lowest BCUT2D eigenvalue weighted by molar-refractivity contribution is 0.481. The van der Waals surface area contributed by atoms with Crippen molar-refractivity contribution in [1.82, 2.24) is 0 Å². The molecule has 0 atom stereocenters. The Morgan fingerprint density at radius 1 is 1.21 bits per heavy atom. The van der Waals surface area contributed by atoms with Crippen LogP contribution >= 0.6 is 23.2 Å². The molecule has 1 rings (SSSR count). The zero-order valence-electron chi connectivity index (χ0n) is 7.29. The van der Waals surface area contributed by atoms with E-state index < -0.39 is 12.5 Å². The lowest BCUT2D eigenvalue weighted by atomic mass is 10.3. The van der Waals surface area contributed by atoms with Gasteiger partial charge in [0.15, 0.2) is 0 Å². The fourth-order valence-corrected chi connectivity index (χ4v) is 1.59. The molecule has 0 spiro atoms. The fraction of sp³-hybridized carbons (Fsp3) is 0.333. The lowest BCUT2D eigenvalue weighted by Gasteiger charge is -2.09. The monoisotopic (exact) mass is 239 g/mol. The minimum atomic E-state index is -0.490. The van der Waals surface area contributed by atoms with Gasteiger partial charge < -0.3 is 5.32 Å². The summed E-state index contributed by atoms with van der Waals surface area (Å²) in [6, 6.07) is 2.32. The highest BCUT2D eigenvalue weighted by Gasteiger charge is 2.07. The number of nitrogens with one attached hydrogen (secondary N) is 1. The molecule has 1 aromatic rings. The van der Waals surface area contributed by atoms with E-state index in [9.17, 15) is 8.78 Å². The van der Waals surface area contributed by atoms with E-state index in [1.807, 2.05) is 0 Å². The van der Waals surface area contributed by atoms with E-state index in [0.717, 1.165) is 12.1 Å². The molecule has 78 valence electrons. The van der Waals surface area contributed by atoms with Crippen LogP contribution in [-0.2, 0) is 0 Å². The average Bonchev–Trinajstić information content (AvgIpc) is 2.09. The Bertz CT molecular complexity index is 295. The van der Waals surface area contributed by atoms with Crippen LogP contribution < -0.4 is 5.32 Å². The van der Waals surface area contributed by atoms with Crippen molar-refractivity contribution in [3.63, 3.8) is 0 Å². The number of hydrogen-bond donors (Lipinski definition) is 1. The van der Waals surface area contributed by atoms with Gasteiger partial charge in [0, 0.05) is 6.54 Å². The number of alkyl halides is 1. The van der Waals surface area contributed by atoms with Crippen molar-refractivity contribution in [2.24, 2.45) is 0 Å². The first-order valence-electron chi connectivity index (χ1n) is 4.09. The van der Waals surface area contributed by atoms with E-state index >= 15 is 0 Å². The van der Waals surface area contributed by atoms with Gasteiger partial charge in [0.05, 0.1) is 22.4 Å². The Kier molecular flexibility index (Phi) is 4.42. The molecular weight excluding hydrogens is 231 g/mol. The standard InChI is InChI=1S/C9H9Cl2F2N/c10-7-4-6(13)5-8(11)9(7)14-3-1-2-12/h4-5,14H,1-3H2. The van der Waals surface area contributed by atoms with Crippen LogP contribution in [0.5, 0.6) is 0 Å². The summed E-state index contributed by atoms with van der Waals surface area (Å²) in [6.45, 7) is 0.00497. The third-order valence-corrected chi connectivity index (χ3v) is 2.22. The van der Waals surface area contributed by atoms with E-state index in [1.165, 1.54) is 0 Å². The molecule has 0 aliphatic rings. The van der Waals surface area contributed by atoms with Crippen LogP contribution in [-0.4, -0.2) is 13.2 Å². The van der Waals surface area contributed by atoms with Gasteiger partial charge in [-0.1, -0.05) is 23.2 Å². The second kappa shape index (κ2) is 5.37. The zero-order chi connectivity index (χ0) is 10.6. The molecule has 0 bridgehead atoms. The number of benzene rings is 1. The minimum absolute atomic E-state index is 0.203. The van der Waals surface area contributed by atoms with E-state index in [-0.39, 0.29) is 10.0 Å². The molecule has 0 aliphatic heterocycles. The van der Waals surface area contributed by atoms with Crippen molar-refractivity contribution in [3.8, 4) is 0 Å². The number of rotatable bonds is 4. The molecule has 0 aromatic heterocycles. The summed E-state index contributed by atoms with van der Waals surface area (Å²) in [6.07, 6.45) is 0.365. The molecule has 0 unspecified atom stereocenters. The second-order valence-corrected chi connectivity index (χ2v) is 3.53. The van der Waals surface area contributed by atoms with Gasteiger partial charge in [-0.05, 0) is 18.6 Å². The van der Waals surface area contributed by atoms with Crippen LogP contribution in [0.3, 0.4) is 0 Å². The van der Waals surface area contributed by atoms with Gasteiger partial charge in [0.1, 0.15) is 5.82 Å². The van der Waals surface area contributed by atoms with Gasteiger partial charge in [-0.25, -0.2) is 4.39 Å². The van der Waals surface area contributed by atoms with Gasteiger partial charge in [-0.15, -0.1) is 0 Å². The summed E-state index contributed by atoms with van der Waals surface area (Å²) in [5.41, 5.74) is 0.447. The third-order valence-electron chi connectivity index (χ3n) is 1.62. The largest absolute Gasteiger partial charge is 0.383 e. The highest BCUT2D eigenvalue weighted by Crippen LogP contribution is 2.31. The molecule has 0 amide bonds. The van der Waals surface area contributed by atoms with Crippen LogP contribution in [0.25, 0.3) is 0 Å². The fourth-order valence-electron chi connectivity index (χ4n) is 0.991. The maximum Gasteiger partial charge on any atom is 0.126 e. The van der Waals surface area contributed by atoms with Crippen LogP contribution in [0.1, 0.15) is 6.42 Å². The zero-order valence-corrected chi connectivity index (χ0v) is 8.80. The van der Waals surface area contributed by atoms with E-state index in [4.69, 9.17) is 23.2 Å². The maximum atomic E-state index is 12.7. The van der Waals surface area contributed by atoms with Crippen molar-refractivity contribution >= 4 is 28.9 Å². The highest BCUT2D eigenvalue weighted by atomic mass is 35.5. The van der Waals surface area contributed by atoms with Gasteiger partial charge in [-0.2, -0.15) is 0 Å². The van der Waals surface area contributed by atoms with Crippen molar-refractivity contribution in [1.29, 1.82) is 0 Å². The molecule has 0 radical (unpaired) electrons. The summed E-state index contributed by atoms with van der Waals surface area (Å²) in [4.78, 5) is 0. The van der Waals surface area contributed by atoms with Gasteiger partial charge in [0.25, 0.3) is 0 Å². The molecule has 5 heteroatoms. The van der Waals surface area contributed by atoms with Gasteiger partial charge >= 0.3 is 0 Å². The lowest BCUT2D eigenvalue weighted by Crippen LogP contribution is -2.03. The third kappa shape index (κ3) is 3.00. The highest BCUT2D eigenvalue weighted by molar-refractivity contribution is 6.39. The first-order valence-corrected chi connectivity index (χ1v) is 4.85. The summed E-state index contributed by atoms with van der Waals surface area (Å²) < 4.78 is 24.5. The first-order chi connectivity index (χ1) is 6.65. The predicted molar refractivity (Wildman–Crippen MR) is 55.5 cm³/mol. The summed E-state index contributed by atoms with van der Waals surface area (Å²) in [5, 5.41) is 3.24. The predicted octanol–water partition coefficient (Wildman–Crippen LogP) is 3.90. The molecule has 0 aliphatic carbocycles.